The third-order valence-electron chi connectivity index (χ3n) is 4.65. The summed E-state index contributed by atoms with van der Waals surface area (Å²) in [4.78, 5) is 17.2. The molecule has 1 saturated heterocycles. The first kappa shape index (κ1) is 25.3. The van der Waals surface area contributed by atoms with E-state index in [2.05, 4.69) is 15.2 Å². The maximum atomic E-state index is 12.9. The number of hydrogen-bond donors (Lipinski definition) is 1. The van der Waals surface area contributed by atoms with Crippen LogP contribution in [-0.2, 0) is 24.4 Å². The number of anilines is 1. The van der Waals surface area contributed by atoms with Gasteiger partial charge in [-0.3, -0.25) is 4.79 Å². The number of sulfonamides is 1. The van der Waals surface area contributed by atoms with Gasteiger partial charge in [-0.15, -0.1) is 0 Å². The van der Waals surface area contributed by atoms with Gasteiger partial charge >= 0.3 is 6.61 Å². The number of alkyl halides is 2. The van der Waals surface area contributed by atoms with Gasteiger partial charge in [-0.2, -0.15) is 13.1 Å². The number of ether oxygens (including phenoxy) is 3. The molecule has 2 aromatic carbocycles. The maximum absolute atomic E-state index is 12.9. The van der Waals surface area contributed by atoms with Crippen molar-refractivity contribution in [3.05, 3.63) is 48.0 Å². The van der Waals surface area contributed by atoms with E-state index in [-0.39, 0.29) is 40.7 Å². The van der Waals surface area contributed by atoms with Crippen LogP contribution in [0.3, 0.4) is 0 Å². The fraction of sp³-hybridized carbons (Fsp3) is 0.333. The molecule has 184 valence electrons. The molecule has 0 aliphatic carbocycles. The Labute approximate surface area is 195 Å². The molecular formula is C21H23F2N3O7S. The van der Waals surface area contributed by atoms with Crippen LogP contribution in [0.15, 0.2) is 52.5 Å². The van der Waals surface area contributed by atoms with E-state index in [4.69, 9.17) is 14.3 Å². The van der Waals surface area contributed by atoms with Gasteiger partial charge in [-0.25, -0.2) is 8.42 Å². The van der Waals surface area contributed by atoms with Gasteiger partial charge in [0.15, 0.2) is 6.61 Å². The molecule has 0 radical (unpaired) electrons. The van der Waals surface area contributed by atoms with Crippen molar-refractivity contribution in [2.24, 2.45) is 5.16 Å². The zero-order valence-corrected chi connectivity index (χ0v) is 19.0. The SMILES string of the molecule is COc1ccc(S(=O)(=O)N2CCOCC2)cc1NC(=O)CON=Cc1ccccc1OC(F)F. The van der Waals surface area contributed by atoms with Crippen molar-refractivity contribution >= 4 is 27.8 Å². The Morgan fingerprint density at radius 2 is 1.94 bits per heavy atom. The van der Waals surface area contributed by atoms with Crippen molar-refractivity contribution in [1.82, 2.24) is 4.31 Å². The molecule has 13 heteroatoms. The van der Waals surface area contributed by atoms with Crippen LogP contribution in [0.2, 0.25) is 0 Å². The van der Waals surface area contributed by atoms with Gasteiger partial charge in [0.2, 0.25) is 10.0 Å². The van der Waals surface area contributed by atoms with E-state index in [0.717, 1.165) is 6.21 Å². The number of amides is 1. The third kappa shape index (κ3) is 6.62. The Kier molecular flexibility index (Phi) is 8.73. The summed E-state index contributed by atoms with van der Waals surface area (Å²) in [6.45, 7) is -2.47. The molecule has 2 aromatic rings. The Morgan fingerprint density at radius 3 is 2.65 bits per heavy atom. The molecule has 0 unspecified atom stereocenters. The number of carbonyl (C=O) groups excluding carboxylic acids is 1. The summed E-state index contributed by atoms with van der Waals surface area (Å²) >= 11 is 0. The molecule has 0 atom stereocenters. The smallest absolute Gasteiger partial charge is 0.387 e. The summed E-state index contributed by atoms with van der Waals surface area (Å²) in [5.41, 5.74) is 0.357. The molecule has 34 heavy (non-hydrogen) atoms. The van der Waals surface area contributed by atoms with Crippen molar-refractivity contribution in [3.8, 4) is 11.5 Å². The summed E-state index contributed by atoms with van der Waals surface area (Å²) in [6.07, 6.45) is 1.13. The largest absolute Gasteiger partial charge is 0.495 e. The minimum Gasteiger partial charge on any atom is -0.495 e. The Hall–Kier alpha value is -3.29. The van der Waals surface area contributed by atoms with Gasteiger partial charge in [-0.1, -0.05) is 17.3 Å². The van der Waals surface area contributed by atoms with Crippen LogP contribution in [0.25, 0.3) is 0 Å². The zero-order valence-electron chi connectivity index (χ0n) is 18.1. The van der Waals surface area contributed by atoms with E-state index in [1.807, 2.05) is 0 Å². The molecule has 10 nitrogen and oxygen atoms in total. The van der Waals surface area contributed by atoms with Crippen LogP contribution in [-0.4, -0.2) is 71.5 Å². The lowest BCUT2D eigenvalue weighted by molar-refractivity contribution is -0.120. The van der Waals surface area contributed by atoms with Crippen molar-refractivity contribution in [2.75, 3.05) is 45.3 Å². The number of methoxy groups -OCH3 is 1. The highest BCUT2D eigenvalue weighted by Crippen LogP contribution is 2.29. The van der Waals surface area contributed by atoms with Crippen molar-refractivity contribution < 1.29 is 41.0 Å². The lowest BCUT2D eigenvalue weighted by Gasteiger charge is -2.26. The molecule has 0 spiro atoms. The standard InChI is InChI=1S/C21H23F2N3O7S/c1-30-19-7-6-16(34(28,29)26-8-10-31-11-9-26)12-17(19)25-20(27)14-32-24-13-15-4-2-3-5-18(15)33-21(22)23/h2-7,12-13,21H,8-11,14H2,1H3,(H,25,27). The first-order chi connectivity index (χ1) is 16.3. The lowest BCUT2D eigenvalue weighted by atomic mass is 10.2. The number of para-hydroxylation sites is 1. The second-order valence-corrected chi connectivity index (χ2v) is 8.79. The van der Waals surface area contributed by atoms with Gasteiger partial charge in [0.25, 0.3) is 5.91 Å². The van der Waals surface area contributed by atoms with Crippen molar-refractivity contribution in [3.63, 3.8) is 0 Å². The van der Waals surface area contributed by atoms with Gasteiger partial charge in [0.05, 0.1) is 37.1 Å². The number of benzene rings is 2. The van der Waals surface area contributed by atoms with E-state index in [0.29, 0.717) is 13.2 Å². The van der Waals surface area contributed by atoms with Crippen LogP contribution < -0.4 is 14.8 Å². The van der Waals surface area contributed by atoms with Crippen LogP contribution in [0, 0.1) is 0 Å². The van der Waals surface area contributed by atoms with E-state index < -0.39 is 29.1 Å². The number of rotatable bonds is 10. The number of nitrogens with one attached hydrogen (secondary N) is 1. The highest BCUT2D eigenvalue weighted by atomic mass is 32.2. The molecule has 0 aromatic heterocycles. The molecule has 1 aliphatic rings. The maximum Gasteiger partial charge on any atom is 0.387 e. The van der Waals surface area contributed by atoms with Crippen LogP contribution in [0.1, 0.15) is 5.56 Å². The van der Waals surface area contributed by atoms with Crippen LogP contribution in [0.5, 0.6) is 11.5 Å². The molecule has 1 heterocycles. The first-order valence-corrected chi connectivity index (χ1v) is 11.5. The minimum absolute atomic E-state index is 0.0138. The van der Waals surface area contributed by atoms with Gasteiger partial charge in [-0.05, 0) is 30.3 Å². The quantitative estimate of drug-likeness (QED) is 0.394. The van der Waals surface area contributed by atoms with Crippen molar-refractivity contribution in [2.45, 2.75) is 11.5 Å². The predicted molar refractivity (Wildman–Crippen MR) is 118 cm³/mol. The molecule has 1 amide bonds. The lowest BCUT2D eigenvalue weighted by Crippen LogP contribution is -2.40. The van der Waals surface area contributed by atoms with Gasteiger partial charge in [0.1, 0.15) is 11.5 Å². The molecule has 3 rings (SSSR count). The second kappa shape index (κ2) is 11.7. The highest BCUT2D eigenvalue weighted by molar-refractivity contribution is 7.89. The normalized spacial score (nSPS) is 14.8. The molecule has 0 bridgehead atoms. The van der Waals surface area contributed by atoms with Crippen LogP contribution >= 0.6 is 0 Å². The number of hydrogen-bond acceptors (Lipinski definition) is 8. The van der Waals surface area contributed by atoms with Crippen LogP contribution in [0.4, 0.5) is 14.5 Å². The second-order valence-electron chi connectivity index (χ2n) is 6.85. The number of carbonyl (C=O) groups is 1. The summed E-state index contributed by atoms with van der Waals surface area (Å²) in [5, 5.41) is 6.11. The number of nitrogens with zero attached hydrogens (tertiary/aromatic N) is 2. The summed E-state index contributed by atoms with van der Waals surface area (Å²) in [7, 11) is -2.41. The van der Waals surface area contributed by atoms with Gasteiger partial charge < -0.3 is 24.4 Å². The Morgan fingerprint density at radius 1 is 1.21 bits per heavy atom. The average Bonchev–Trinajstić information content (AvgIpc) is 2.83. The minimum atomic E-state index is -3.78. The van der Waals surface area contributed by atoms with E-state index in [9.17, 15) is 22.0 Å². The van der Waals surface area contributed by atoms with E-state index in [1.165, 1.54) is 47.8 Å². The number of halogens is 2. The Bertz CT molecular complexity index is 1120. The summed E-state index contributed by atoms with van der Waals surface area (Å²) < 4.78 is 66.8. The number of morpholine rings is 1. The molecule has 1 aliphatic heterocycles. The molecule has 1 fully saturated rings. The third-order valence-corrected chi connectivity index (χ3v) is 6.54. The number of oxime groups is 1. The molecule has 1 N–H and O–H groups in total. The zero-order chi connectivity index (χ0) is 24.6. The van der Waals surface area contributed by atoms with E-state index >= 15 is 0 Å². The topological polar surface area (TPSA) is 116 Å². The monoisotopic (exact) mass is 499 g/mol. The molecular weight excluding hydrogens is 476 g/mol. The predicted octanol–water partition coefficient (Wildman–Crippen LogP) is 2.31. The summed E-state index contributed by atoms with van der Waals surface area (Å²) in [5.74, 6) is -0.498. The van der Waals surface area contributed by atoms with E-state index in [1.54, 1.807) is 6.07 Å². The van der Waals surface area contributed by atoms with Crippen molar-refractivity contribution in [1.29, 1.82) is 0 Å². The highest BCUT2D eigenvalue weighted by Gasteiger charge is 2.27. The fourth-order valence-electron chi connectivity index (χ4n) is 3.05. The average molecular weight is 499 g/mol. The first-order valence-electron chi connectivity index (χ1n) is 10.1. The summed E-state index contributed by atoms with van der Waals surface area (Å²) in [6, 6.07) is 10.0. The molecule has 0 saturated carbocycles. The van der Waals surface area contributed by atoms with Gasteiger partial charge in [0, 0.05) is 18.7 Å². The fourth-order valence-corrected chi connectivity index (χ4v) is 4.48. The Balaban J connectivity index is 1.64.